The van der Waals surface area contributed by atoms with Gasteiger partial charge in [-0.25, -0.2) is 4.98 Å². The van der Waals surface area contributed by atoms with Crippen molar-refractivity contribution in [3.63, 3.8) is 0 Å². The molecular formula is C7H6Cl2F3N3O2. The largest absolute Gasteiger partial charge is 0.478 e. The van der Waals surface area contributed by atoms with E-state index in [0.29, 0.717) is 0 Å². The summed E-state index contributed by atoms with van der Waals surface area (Å²) in [7, 11) is 1.12. The summed E-state index contributed by atoms with van der Waals surface area (Å²) >= 11 is 9.24. The van der Waals surface area contributed by atoms with Crippen LogP contribution in [0.3, 0.4) is 0 Å². The second kappa shape index (κ2) is 4.61. The third-order valence-electron chi connectivity index (χ3n) is 1.50. The second-order valence-electron chi connectivity index (χ2n) is 2.72. The average molecular weight is 292 g/mol. The maximum absolute atomic E-state index is 13.0. The fourth-order valence-electron chi connectivity index (χ4n) is 0.780. The van der Waals surface area contributed by atoms with Crippen molar-refractivity contribution in [3.05, 3.63) is 6.20 Å². The molecule has 0 aliphatic rings. The lowest BCUT2D eigenvalue weighted by Crippen LogP contribution is -2.40. The molecule has 0 saturated carbocycles. The molecule has 0 saturated heterocycles. The molecule has 0 atom stereocenters. The van der Waals surface area contributed by atoms with Crippen LogP contribution in [0.5, 0.6) is 11.6 Å². The number of anilines is 1. The monoisotopic (exact) mass is 291 g/mol. The summed E-state index contributed by atoms with van der Waals surface area (Å²) in [6.45, 7) is 0. The number of rotatable bonds is 4. The zero-order chi connectivity index (χ0) is 13.3. The molecule has 96 valence electrons. The van der Waals surface area contributed by atoms with Crippen LogP contribution in [0.1, 0.15) is 0 Å². The molecule has 0 amide bonds. The number of alkyl halides is 5. The molecule has 1 aromatic rings. The molecule has 0 fully saturated rings. The molecule has 0 bridgehead atoms. The third-order valence-corrected chi connectivity index (χ3v) is 1.94. The average Bonchev–Trinajstić information content (AvgIpc) is 2.18. The van der Waals surface area contributed by atoms with Crippen molar-refractivity contribution < 1.29 is 22.6 Å². The van der Waals surface area contributed by atoms with Gasteiger partial charge in [-0.3, -0.25) is 0 Å². The number of methoxy groups -OCH3 is 1. The van der Waals surface area contributed by atoms with Crippen LogP contribution in [0.4, 0.5) is 19.1 Å². The molecule has 0 aromatic carbocycles. The van der Waals surface area contributed by atoms with E-state index in [1.807, 2.05) is 0 Å². The van der Waals surface area contributed by atoms with E-state index in [1.54, 1.807) is 0 Å². The number of hydrogen-bond donors (Lipinski definition) is 1. The smallest absolute Gasteiger partial charge is 0.463 e. The summed E-state index contributed by atoms with van der Waals surface area (Å²) in [6.07, 6.45) is -3.74. The highest BCUT2D eigenvalue weighted by Crippen LogP contribution is 2.42. The first-order valence-corrected chi connectivity index (χ1v) is 4.73. The number of halogens is 5. The van der Waals surface area contributed by atoms with E-state index in [0.717, 1.165) is 13.3 Å². The van der Waals surface area contributed by atoms with Crippen LogP contribution < -0.4 is 15.2 Å². The van der Waals surface area contributed by atoms with Gasteiger partial charge in [0.25, 0.3) is 5.88 Å². The zero-order valence-corrected chi connectivity index (χ0v) is 9.77. The lowest BCUT2D eigenvalue weighted by molar-refractivity contribution is -0.212. The van der Waals surface area contributed by atoms with E-state index >= 15 is 0 Å². The van der Waals surface area contributed by atoms with E-state index in [4.69, 9.17) is 5.73 Å². The van der Waals surface area contributed by atoms with Crippen molar-refractivity contribution in [2.24, 2.45) is 0 Å². The Bertz CT molecular complexity index is 414. The third kappa shape index (κ3) is 3.16. The Kier molecular flexibility index (Phi) is 3.78. The Balaban J connectivity index is 3.03. The van der Waals surface area contributed by atoms with E-state index < -0.39 is 22.3 Å². The number of aromatic nitrogens is 2. The van der Waals surface area contributed by atoms with Crippen LogP contribution in [0.2, 0.25) is 0 Å². The fourth-order valence-corrected chi connectivity index (χ4v) is 0.857. The van der Waals surface area contributed by atoms with Crippen molar-refractivity contribution in [1.29, 1.82) is 0 Å². The first-order valence-electron chi connectivity index (χ1n) is 3.97. The minimum atomic E-state index is -4.51. The standard InChI is InChI=1S/C7H6Cl2F3N3O2/c1-16-4-3(2-14-5(13)15-4)17-7(11,12)6(8,9)10/h2H,1H3,(H2,13,14,15). The highest BCUT2D eigenvalue weighted by atomic mass is 35.5. The summed E-state index contributed by atoms with van der Waals surface area (Å²) in [5.74, 6) is -1.30. The van der Waals surface area contributed by atoms with Gasteiger partial charge in [-0.15, -0.1) is 0 Å². The number of hydrogen-bond acceptors (Lipinski definition) is 5. The molecule has 0 aliphatic carbocycles. The van der Waals surface area contributed by atoms with Crippen LogP contribution >= 0.6 is 23.2 Å². The van der Waals surface area contributed by atoms with Gasteiger partial charge in [-0.1, -0.05) is 23.2 Å². The predicted octanol–water partition coefficient (Wildman–Crippen LogP) is 2.14. The van der Waals surface area contributed by atoms with Crippen LogP contribution in [0, 0.1) is 0 Å². The molecule has 2 N–H and O–H groups in total. The first-order chi connectivity index (χ1) is 7.67. The minimum Gasteiger partial charge on any atom is -0.478 e. The van der Waals surface area contributed by atoms with Gasteiger partial charge >= 0.3 is 10.7 Å². The normalized spacial score (nSPS) is 12.4. The summed E-state index contributed by atoms with van der Waals surface area (Å²) in [5.41, 5.74) is 5.18. The van der Waals surface area contributed by atoms with Gasteiger partial charge in [-0.2, -0.15) is 18.2 Å². The Morgan fingerprint density at radius 3 is 2.41 bits per heavy atom. The summed E-state index contributed by atoms with van der Waals surface area (Å²) in [6, 6.07) is 0. The van der Waals surface area contributed by atoms with E-state index in [1.165, 1.54) is 0 Å². The van der Waals surface area contributed by atoms with E-state index in [2.05, 4.69) is 42.6 Å². The predicted molar refractivity (Wildman–Crippen MR) is 54.1 cm³/mol. The van der Waals surface area contributed by atoms with E-state index in [-0.39, 0.29) is 5.95 Å². The number of nitrogens with two attached hydrogens (primary N) is 1. The molecule has 5 nitrogen and oxygen atoms in total. The number of nitrogen functional groups attached to an aromatic ring is 1. The van der Waals surface area contributed by atoms with Crippen LogP contribution in [-0.2, 0) is 0 Å². The van der Waals surface area contributed by atoms with Crippen LogP contribution in [0.15, 0.2) is 6.20 Å². The van der Waals surface area contributed by atoms with Gasteiger partial charge < -0.3 is 15.2 Å². The van der Waals surface area contributed by atoms with Gasteiger partial charge in [0, 0.05) is 0 Å². The quantitative estimate of drug-likeness (QED) is 0.861. The molecule has 0 radical (unpaired) electrons. The topological polar surface area (TPSA) is 70.3 Å². The van der Waals surface area contributed by atoms with Gasteiger partial charge in [0.05, 0.1) is 13.3 Å². The second-order valence-corrected chi connectivity index (χ2v) is 3.95. The maximum Gasteiger partial charge on any atom is 0.463 e. The van der Waals surface area contributed by atoms with Crippen LogP contribution in [-0.4, -0.2) is 27.8 Å². The SMILES string of the molecule is COc1nc(N)ncc1OC(F)(F)C(F)(Cl)Cl. The highest BCUT2D eigenvalue weighted by molar-refractivity contribution is 6.47. The molecular weight excluding hydrogens is 286 g/mol. The molecule has 0 unspecified atom stereocenters. The van der Waals surface area contributed by atoms with Crippen molar-refractivity contribution in [1.82, 2.24) is 9.97 Å². The highest BCUT2D eigenvalue weighted by Gasteiger charge is 2.56. The lowest BCUT2D eigenvalue weighted by Gasteiger charge is -2.22. The Morgan fingerprint density at radius 2 is 1.94 bits per heavy atom. The van der Waals surface area contributed by atoms with Gasteiger partial charge in [0.1, 0.15) is 0 Å². The molecule has 0 spiro atoms. The lowest BCUT2D eigenvalue weighted by atomic mass is 10.5. The van der Waals surface area contributed by atoms with Crippen LogP contribution in [0.25, 0.3) is 0 Å². The first kappa shape index (κ1) is 13.9. The summed E-state index contributed by atoms with van der Waals surface area (Å²) in [5, 5.41) is 0. The number of ether oxygens (including phenoxy) is 2. The van der Waals surface area contributed by atoms with Gasteiger partial charge in [-0.05, 0) is 0 Å². The van der Waals surface area contributed by atoms with Crippen molar-refractivity contribution >= 4 is 29.2 Å². The fraction of sp³-hybridized carbons (Fsp3) is 0.429. The molecule has 17 heavy (non-hydrogen) atoms. The molecule has 1 rings (SSSR count). The van der Waals surface area contributed by atoms with E-state index in [9.17, 15) is 13.2 Å². The molecule has 0 aliphatic heterocycles. The number of nitrogens with zero attached hydrogens (tertiary/aromatic N) is 2. The maximum atomic E-state index is 13.0. The summed E-state index contributed by atoms with van der Waals surface area (Å²) in [4.78, 5) is 6.81. The minimum absolute atomic E-state index is 0.235. The Hall–Kier alpha value is -1.15. The molecule has 10 heteroatoms. The van der Waals surface area contributed by atoms with Gasteiger partial charge in [0.2, 0.25) is 11.7 Å². The molecule has 1 heterocycles. The molecule has 1 aromatic heterocycles. The zero-order valence-electron chi connectivity index (χ0n) is 8.26. The van der Waals surface area contributed by atoms with Crippen molar-refractivity contribution in [2.45, 2.75) is 10.7 Å². The van der Waals surface area contributed by atoms with Crippen molar-refractivity contribution in [2.75, 3.05) is 12.8 Å². The Labute approximate surface area is 104 Å². The summed E-state index contributed by atoms with van der Waals surface area (Å²) < 4.78 is 43.4. The van der Waals surface area contributed by atoms with Crippen molar-refractivity contribution in [3.8, 4) is 11.6 Å². The Morgan fingerprint density at radius 1 is 1.35 bits per heavy atom. The van der Waals surface area contributed by atoms with Gasteiger partial charge in [0.15, 0.2) is 0 Å².